The first-order valence-electron chi connectivity index (χ1n) is 4.71. The van der Waals surface area contributed by atoms with Gasteiger partial charge in [0.05, 0.1) is 10.6 Å². The average molecular weight is 275 g/mol. The van der Waals surface area contributed by atoms with Gasteiger partial charge in [0.25, 0.3) is 0 Å². The number of thioether (sulfide) groups is 1. The summed E-state index contributed by atoms with van der Waals surface area (Å²) in [5.74, 6) is -0.945. The van der Waals surface area contributed by atoms with Crippen molar-refractivity contribution in [3.63, 3.8) is 0 Å². The van der Waals surface area contributed by atoms with E-state index in [1.807, 2.05) is 0 Å². The highest BCUT2D eigenvalue weighted by Gasteiger charge is 2.16. The van der Waals surface area contributed by atoms with Gasteiger partial charge in [0.2, 0.25) is 10.0 Å². The molecule has 7 heteroatoms. The van der Waals surface area contributed by atoms with Gasteiger partial charge in [-0.1, -0.05) is 0 Å². The molecule has 0 fully saturated rings. The molecule has 0 saturated carbocycles. The summed E-state index contributed by atoms with van der Waals surface area (Å²) in [6.45, 7) is 0. The fourth-order valence-corrected chi connectivity index (χ4v) is 2.58. The summed E-state index contributed by atoms with van der Waals surface area (Å²) in [4.78, 5) is 11.3. The summed E-state index contributed by atoms with van der Waals surface area (Å²) < 4.78 is 24.6. The molecule has 0 aliphatic rings. The first-order chi connectivity index (χ1) is 7.84. The number of carboxylic acids is 1. The summed E-state index contributed by atoms with van der Waals surface area (Å²) in [6, 6.07) is 6.15. The number of aliphatic carboxylic acids is 1. The fourth-order valence-electron chi connectivity index (χ4n) is 1.06. The van der Waals surface area contributed by atoms with E-state index >= 15 is 0 Å². The zero-order valence-corrected chi connectivity index (χ0v) is 11.1. The Bertz CT molecular complexity index is 494. The first-order valence-corrected chi connectivity index (χ1v) is 7.14. The molecule has 0 aromatic heterocycles. The first kappa shape index (κ1) is 14.0. The molecule has 0 heterocycles. The fraction of sp³-hybridized carbons (Fsp3) is 0.300. The molecule has 1 aromatic carbocycles. The van der Waals surface area contributed by atoms with E-state index < -0.39 is 16.0 Å². The minimum atomic E-state index is -3.42. The Balaban J connectivity index is 2.85. The summed E-state index contributed by atoms with van der Waals surface area (Å²) in [5.41, 5.74) is 0. The summed E-state index contributed by atoms with van der Waals surface area (Å²) in [7, 11) is -0.496. The SMILES string of the molecule is CN(C)S(=O)(=O)c1ccc(SCC(=O)O)cc1. The van der Waals surface area contributed by atoms with E-state index in [9.17, 15) is 13.2 Å². The Morgan fingerprint density at radius 3 is 2.24 bits per heavy atom. The number of hydrogen-bond acceptors (Lipinski definition) is 4. The van der Waals surface area contributed by atoms with Gasteiger partial charge in [0, 0.05) is 19.0 Å². The number of carbonyl (C=O) groups is 1. The lowest BCUT2D eigenvalue weighted by Gasteiger charge is -2.11. The van der Waals surface area contributed by atoms with Crippen LogP contribution in [0.15, 0.2) is 34.1 Å². The standard InChI is InChI=1S/C10H13NO4S2/c1-11(2)17(14,15)9-5-3-8(4-6-9)16-7-10(12)13/h3-6H,7H2,1-2H3,(H,12,13). The molecule has 0 spiro atoms. The van der Waals surface area contributed by atoms with Crippen molar-refractivity contribution in [1.82, 2.24) is 4.31 Å². The topological polar surface area (TPSA) is 74.7 Å². The lowest BCUT2D eigenvalue weighted by molar-refractivity contribution is -0.133. The van der Waals surface area contributed by atoms with Crippen LogP contribution >= 0.6 is 11.8 Å². The summed E-state index contributed by atoms with van der Waals surface area (Å²) >= 11 is 1.15. The van der Waals surface area contributed by atoms with Crippen LogP contribution in [0.3, 0.4) is 0 Å². The molecule has 1 rings (SSSR count). The van der Waals surface area contributed by atoms with Crippen molar-refractivity contribution in [2.24, 2.45) is 0 Å². The predicted octanol–water partition coefficient (Wildman–Crippen LogP) is 1.11. The van der Waals surface area contributed by atoms with Crippen LogP contribution in [0.5, 0.6) is 0 Å². The molecule has 5 nitrogen and oxygen atoms in total. The van der Waals surface area contributed by atoms with Gasteiger partial charge in [-0.15, -0.1) is 11.8 Å². The highest BCUT2D eigenvalue weighted by atomic mass is 32.2. The molecule has 94 valence electrons. The molecule has 0 atom stereocenters. The predicted molar refractivity (Wildman–Crippen MR) is 65.7 cm³/mol. The third-order valence-corrected chi connectivity index (χ3v) is 4.79. The van der Waals surface area contributed by atoms with E-state index in [0.717, 1.165) is 21.0 Å². The van der Waals surface area contributed by atoms with Crippen LogP contribution in [0.1, 0.15) is 0 Å². The summed E-state index contributed by atoms with van der Waals surface area (Å²) in [5, 5.41) is 8.51. The minimum Gasteiger partial charge on any atom is -0.481 e. The molecule has 0 radical (unpaired) electrons. The Labute approximate surface area is 104 Å². The minimum absolute atomic E-state index is 0.0419. The molecule has 0 saturated heterocycles. The Hall–Kier alpha value is -1.05. The number of carboxylic acid groups (broad SMARTS) is 1. The maximum atomic E-state index is 11.7. The molecule has 0 amide bonds. The van der Waals surface area contributed by atoms with Crippen LogP contribution in [-0.4, -0.2) is 43.6 Å². The molecule has 0 aliphatic heterocycles. The highest BCUT2D eigenvalue weighted by Crippen LogP contribution is 2.21. The van der Waals surface area contributed by atoms with Gasteiger partial charge in [0.1, 0.15) is 0 Å². The maximum Gasteiger partial charge on any atom is 0.313 e. The van der Waals surface area contributed by atoms with Crippen molar-refractivity contribution in [3.8, 4) is 0 Å². The Morgan fingerprint density at radius 1 is 1.29 bits per heavy atom. The van der Waals surface area contributed by atoms with Gasteiger partial charge >= 0.3 is 5.97 Å². The maximum absolute atomic E-state index is 11.7. The number of sulfonamides is 1. The summed E-state index contributed by atoms with van der Waals surface area (Å²) in [6.07, 6.45) is 0. The van der Waals surface area contributed by atoms with Crippen molar-refractivity contribution in [2.45, 2.75) is 9.79 Å². The monoisotopic (exact) mass is 275 g/mol. The highest BCUT2D eigenvalue weighted by molar-refractivity contribution is 8.00. The second-order valence-electron chi connectivity index (χ2n) is 3.44. The van der Waals surface area contributed by atoms with Crippen LogP contribution in [-0.2, 0) is 14.8 Å². The lowest BCUT2D eigenvalue weighted by atomic mass is 10.4. The quantitative estimate of drug-likeness (QED) is 0.815. The van der Waals surface area contributed by atoms with Gasteiger partial charge in [-0.2, -0.15) is 0 Å². The number of benzene rings is 1. The van der Waals surface area contributed by atoms with Crippen molar-refractivity contribution >= 4 is 27.8 Å². The zero-order chi connectivity index (χ0) is 13.1. The number of hydrogen-bond donors (Lipinski definition) is 1. The normalized spacial score (nSPS) is 11.7. The van der Waals surface area contributed by atoms with Gasteiger partial charge in [-0.25, -0.2) is 12.7 Å². The molecular formula is C10H13NO4S2. The number of nitrogens with zero attached hydrogens (tertiary/aromatic N) is 1. The van der Waals surface area contributed by atoms with Gasteiger partial charge < -0.3 is 5.11 Å². The van der Waals surface area contributed by atoms with Crippen LogP contribution in [0.25, 0.3) is 0 Å². The zero-order valence-electron chi connectivity index (χ0n) is 9.45. The Kier molecular flexibility index (Phi) is 4.55. The van der Waals surface area contributed by atoms with E-state index in [-0.39, 0.29) is 10.6 Å². The largest absolute Gasteiger partial charge is 0.481 e. The second-order valence-corrected chi connectivity index (χ2v) is 6.64. The molecule has 0 bridgehead atoms. The van der Waals surface area contributed by atoms with Gasteiger partial charge in [0.15, 0.2) is 0 Å². The van der Waals surface area contributed by atoms with E-state index in [0.29, 0.717) is 0 Å². The third kappa shape index (κ3) is 3.72. The third-order valence-electron chi connectivity index (χ3n) is 1.96. The van der Waals surface area contributed by atoms with Crippen molar-refractivity contribution in [1.29, 1.82) is 0 Å². The van der Waals surface area contributed by atoms with Crippen molar-refractivity contribution in [3.05, 3.63) is 24.3 Å². The van der Waals surface area contributed by atoms with Crippen LogP contribution < -0.4 is 0 Å². The van der Waals surface area contributed by atoms with E-state index in [1.165, 1.54) is 26.2 Å². The molecule has 0 unspecified atom stereocenters. The van der Waals surface area contributed by atoms with E-state index in [2.05, 4.69) is 0 Å². The lowest BCUT2D eigenvalue weighted by Crippen LogP contribution is -2.22. The van der Waals surface area contributed by atoms with Crippen LogP contribution in [0.4, 0.5) is 0 Å². The number of rotatable bonds is 5. The van der Waals surface area contributed by atoms with Gasteiger partial charge in [-0.05, 0) is 24.3 Å². The van der Waals surface area contributed by atoms with E-state index in [1.54, 1.807) is 12.1 Å². The molecule has 0 aliphatic carbocycles. The molecule has 1 N–H and O–H groups in total. The van der Waals surface area contributed by atoms with Gasteiger partial charge in [-0.3, -0.25) is 4.79 Å². The smallest absolute Gasteiger partial charge is 0.313 e. The molecule has 17 heavy (non-hydrogen) atoms. The Morgan fingerprint density at radius 2 is 1.82 bits per heavy atom. The van der Waals surface area contributed by atoms with E-state index in [4.69, 9.17) is 5.11 Å². The van der Waals surface area contributed by atoms with Crippen LogP contribution in [0.2, 0.25) is 0 Å². The molecular weight excluding hydrogens is 262 g/mol. The molecule has 1 aromatic rings. The van der Waals surface area contributed by atoms with Crippen molar-refractivity contribution < 1.29 is 18.3 Å². The average Bonchev–Trinajstić information content (AvgIpc) is 2.26. The second kappa shape index (κ2) is 5.52. The van der Waals surface area contributed by atoms with Crippen molar-refractivity contribution in [2.75, 3.05) is 19.8 Å². The van der Waals surface area contributed by atoms with Crippen LogP contribution in [0, 0.1) is 0 Å².